The van der Waals surface area contributed by atoms with E-state index in [-0.39, 0.29) is 5.92 Å². The molecule has 1 aromatic carbocycles. The summed E-state index contributed by atoms with van der Waals surface area (Å²) in [6.45, 7) is 3.00. The molecule has 28 heavy (non-hydrogen) atoms. The number of carbonyl (C=O) groups excluding carboxylic acids is 1. The van der Waals surface area contributed by atoms with Gasteiger partial charge < -0.3 is 14.7 Å². The van der Waals surface area contributed by atoms with Gasteiger partial charge in [-0.15, -0.1) is 0 Å². The second-order valence-corrected chi connectivity index (χ2v) is 8.48. The minimum Gasteiger partial charge on any atom is -0.361 e. The number of aromatic nitrogens is 1. The molecular formula is C23H31N3O2. The summed E-state index contributed by atoms with van der Waals surface area (Å²) in [6.07, 6.45) is 7.54. The third-order valence-corrected chi connectivity index (χ3v) is 6.51. The molecule has 1 atom stereocenters. The maximum atomic E-state index is 12.7. The summed E-state index contributed by atoms with van der Waals surface area (Å²) in [4.78, 5) is 14.6. The van der Waals surface area contributed by atoms with Crippen molar-refractivity contribution in [3.63, 3.8) is 0 Å². The molecule has 1 saturated carbocycles. The Kier molecular flexibility index (Phi) is 5.81. The summed E-state index contributed by atoms with van der Waals surface area (Å²) in [5.74, 6) is 1.59. The first-order chi connectivity index (χ1) is 13.7. The fraction of sp³-hybridized carbons (Fsp3) is 0.565. The standard InChI is InChI=1S/C23H31N3O2/c1-26(22(27)20-17-23(20)11-13-24-14-12-23)15-7-3-6-10-19-16-21(25-28-19)18-8-4-2-5-9-18/h2,4-5,8-9,16,20,24H,3,6-7,10-15,17H2,1H3. The minimum absolute atomic E-state index is 0.283. The number of hydrogen-bond donors (Lipinski definition) is 1. The van der Waals surface area contributed by atoms with Crippen molar-refractivity contribution < 1.29 is 9.32 Å². The van der Waals surface area contributed by atoms with Crippen LogP contribution in [0.4, 0.5) is 0 Å². The highest BCUT2D eigenvalue weighted by Gasteiger charge is 2.58. The molecule has 2 heterocycles. The molecule has 2 aliphatic rings. The molecule has 1 N–H and O–H groups in total. The summed E-state index contributed by atoms with van der Waals surface area (Å²) in [5.41, 5.74) is 2.32. The van der Waals surface area contributed by atoms with Crippen LogP contribution >= 0.6 is 0 Å². The molecule has 2 aromatic rings. The van der Waals surface area contributed by atoms with Crippen molar-refractivity contribution in [2.75, 3.05) is 26.7 Å². The van der Waals surface area contributed by atoms with Gasteiger partial charge in [0.15, 0.2) is 0 Å². The van der Waals surface area contributed by atoms with E-state index >= 15 is 0 Å². The van der Waals surface area contributed by atoms with Gasteiger partial charge in [-0.05, 0) is 50.6 Å². The van der Waals surface area contributed by atoms with Gasteiger partial charge in [-0.3, -0.25) is 4.79 Å². The molecule has 150 valence electrons. The third kappa shape index (κ3) is 4.30. The van der Waals surface area contributed by atoms with Crippen molar-refractivity contribution in [2.45, 2.75) is 44.9 Å². The number of benzene rings is 1. The largest absolute Gasteiger partial charge is 0.361 e. The van der Waals surface area contributed by atoms with Crippen molar-refractivity contribution in [1.82, 2.24) is 15.4 Å². The van der Waals surface area contributed by atoms with Crippen molar-refractivity contribution >= 4 is 5.91 Å². The van der Waals surface area contributed by atoms with Crippen molar-refractivity contribution in [3.05, 3.63) is 42.2 Å². The highest BCUT2D eigenvalue weighted by molar-refractivity contribution is 5.82. The smallest absolute Gasteiger partial charge is 0.226 e. The molecule has 1 spiro atoms. The van der Waals surface area contributed by atoms with Crippen LogP contribution < -0.4 is 5.32 Å². The van der Waals surface area contributed by atoms with E-state index in [1.165, 1.54) is 12.8 Å². The Balaban J connectivity index is 1.14. The molecule has 1 aromatic heterocycles. The van der Waals surface area contributed by atoms with Crippen LogP contribution in [0.5, 0.6) is 0 Å². The van der Waals surface area contributed by atoms with E-state index in [0.717, 1.165) is 68.8 Å². The van der Waals surface area contributed by atoms with Crippen molar-refractivity contribution in [3.8, 4) is 11.3 Å². The van der Waals surface area contributed by atoms with Crippen LogP contribution in [-0.2, 0) is 11.2 Å². The molecule has 1 saturated heterocycles. The average molecular weight is 382 g/mol. The van der Waals surface area contributed by atoms with Gasteiger partial charge in [0.25, 0.3) is 0 Å². The first-order valence-electron chi connectivity index (χ1n) is 10.6. The predicted octanol–water partition coefficient (Wildman–Crippen LogP) is 3.90. The molecule has 2 fully saturated rings. The summed E-state index contributed by atoms with van der Waals surface area (Å²) in [7, 11) is 1.97. The highest BCUT2D eigenvalue weighted by Crippen LogP contribution is 2.59. The quantitative estimate of drug-likeness (QED) is 0.705. The topological polar surface area (TPSA) is 58.4 Å². The Morgan fingerprint density at radius 2 is 2.00 bits per heavy atom. The number of aryl methyl sites for hydroxylation is 1. The number of carbonyl (C=O) groups is 1. The Bertz CT molecular complexity index is 780. The normalized spacial score (nSPS) is 20.2. The first kappa shape index (κ1) is 19.2. The van der Waals surface area contributed by atoms with Crippen molar-refractivity contribution in [2.24, 2.45) is 11.3 Å². The number of nitrogens with zero attached hydrogens (tertiary/aromatic N) is 2. The molecule has 0 bridgehead atoms. The number of hydrogen-bond acceptors (Lipinski definition) is 4. The lowest BCUT2D eigenvalue weighted by Crippen LogP contribution is -2.35. The SMILES string of the molecule is CN(CCCCCc1cc(-c2ccccc2)no1)C(=O)C1CC12CCNCC2. The minimum atomic E-state index is 0.283. The number of amides is 1. The second kappa shape index (κ2) is 8.48. The van der Waals surface area contributed by atoms with Gasteiger partial charge in [0.05, 0.1) is 0 Å². The van der Waals surface area contributed by atoms with E-state index in [0.29, 0.717) is 11.3 Å². The molecular weight excluding hydrogens is 350 g/mol. The summed E-state index contributed by atoms with van der Waals surface area (Å²) < 4.78 is 5.47. The van der Waals surface area contributed by atoms with Gasteiger partial charge in [0, 0.05) is 37.6 Å². The molecule has 1 aliphatic heterocycles. The van der Waals surface area contributed by atoms with Gasteiger partial charge >= 0.3 is 0 Å². The number of nitrogens with one attached hydrogen (secondary N) is 1. The predicted molar refractivity (Wildman–Crippen MR) is 110 cm³/mol. The first-order valence-corrected chi connectivity index (χ1v) is 10.6. The summed E-state index contributed by atoms with van der Waals surface area (Å²) in [5, 5.41) is 7.58. The molecule has 1 unspecified atom stereocenters. The summed E-state index contributed by atoms with van der Waals surface area (Å²) in [6, 6.07) is 12.1. The number of unbranched alkanes of at least 4 members (excludes halogenated alkanes) is 2. The lowest BCUT2D eigenvalue weighted by atomic mass is 9.91. The van der Waals surface area contributed by atoms with Crippen LogP contribution in [0.2, 0.25) is 0 Å². The van der Waals surface area contributed by atoms with E-state index in [1.807, 2.05) is 48.3 Å². The zero-order chi connectivity index (χ0) is 19.4. The average Bonchev–Trinajstić information content (AvgIpc) is 3.20. The van der Waals surface area contributed by atoms with Crippen molar-refractivity contribution in [1.29, 1.82) is 0 Å². The molecule has 0 radical (unpaired) electrons. The Hall–Kier alpha value is -2.14. The molecule has 4 rings (SSSR count). The van der Waals surface area contributed by atoms with E-state index in [2.05, 4.69) is 10.5 Å². The van der Waals surface area contributed by atoms with E-state index in [1.54, 1.807) is 0 Å². The van der Waals surface area contributed by atoms with Crippen LogP contribution in [0.1, 0.15) is 44.3 Å². The van der Waals surface area contributed by atoms with E-state index in [4.69, 9.17) is 4.52 Å². The zero-order valence-corrected chi connectivity index (χ0v) is 16.8. The Labute approximate surface area is 167 Å². The second-order valence-electron chi connectivity index (χ2n) is 8.48. The van der Waals surface area contributed by atoms with Gasteiger partial charge in [0.1, 0.15) is 11.5 Å². The van der Waals surface area contributed by atoms with E-state index < -0.39 is 0 Å². The van der Waals surface area contributed by atoms with Gasteiger partial charge in [-0.2, -0.15) is 0 Å². The summed E-state index contributed by atoms with van der Waals surface area (Å²) >= 11 is 0. The fourth-order valence-electron chi connectivity index (χ4n) is 4.55. The maximum Gasteiger partial charge on any atom is 0.226 e. The Morgan fingerprint density at radius 1 is 1.21 bits per heavy atom. The van der Waals surface area contributed by atoms with Crippen LogP contribution in [0.15, 0.2) is 40.9 Å². The number of rotatable bonds is 8. The zero-order valence-electron chi connectivity index (χ0n) is 16.8. The lowest BCUT2D eigenvalue weighted by Gasteiger charge is -2.25. The molecule has 1 amide bonds. The fourth-order valence-corrected chi connectivity index (χ4v) is 4.55. The Morgan fingerprint density at radius 3 is 2.79 bits per heavy atom. The number of piperidine rings is 1. The van der Waals surface area contributed by atoms with E-state index in [9.17, 15) is 4.79 Å². The molecule has 5 nitrogen and oxygen atoms in total. The maximum absolute atomic E-state index is 12.7. The third-order valence-electron chi connectivity index (χ3n) is 6.51. The molecule has 5 heteroatoms. The van der Waals surface area contributed by atoms with Crippen LogP contribution in [0, 0.1) is 11.3 Å². The van der Waals surface area contributed by atoms with Gasteiger partial charge in [-0.1, -0.05) is 41.9 Å². The lowest BCUT2D eigenvalue weighted by molar-refractivity contribution is -0.132. The monoisotopic (exact) mass is 381 g/mol. The van der Waals surface area contributed by atoms with Crippen LogP contribution in [-0.4, -0.2) is 42.6 Å². The van der Waals surface area contributed by atoms with Gasteiger partial charge in [0.2, 0.25) is 5.91 Å². The van der Waals surface area contributed by atoms with Crippen LogP contribution in [0.25, 0.3) is 11.3 Å². The molecule has 1 aliphatic carbocycles. The van der Waals surface area contributed by atoms with Crippen LogP contribution in [0.3, 0.4) is 0 Å². The highest BCUT2D eigenvalue weighted by atomic mass is 16.5. The van der Waals surface area contributed by atoms with Gasteiger partial charge in [-0.25, -0.2) is 0 Å².